The Kier molecular flexibility index (Phi) is 8.76. The number of benzene rings is 2. The van der Waals surface area contributed by atoms with Crippen molar-refractivity contribution in [3.05, 3.63) is 87.9 Å². The van der Waals surface area contributed by atoms with Crippen LogP contribution in [0.25, 0.3) is 6.08 Å². The Bertz CT molecular complexity index is 1600. The number of aryl methyl sites for hydroxylation is 1. The fraction of sp³-hybridized carbons (Fsp3) is 0.355. The highest BCUT2D eigenvalue weighted by Crippen LogP contribution is 2.30. The van der Waals surface area contributed by atoms with E-state index in [0.29, 0.717) is 17.9 Å². The Labute approximate surface area is 252 Å². The first-order chi connectivity index (χ1) is 21.1. The molecule has 2 aliphatic rings. The molecule has 1 unspecified atom stereocenters. The van der Waals surface area contributed by atoms with E-state index in [4.69, 9.17) is 23.5 Å². The molecule has 1 fully saturated rings. The van der Waals surface area contributed by atoms with Crippen LogP contribution in [0.5, 0.6) is 5.75 Å². The minimum atomic E-state index is -1.02. The zero-order valence-electron chi connectivity index (χ0n) is 24.4. The molecular formula is C31H34N4O9. The van der Waals surface area contributed by atoms with E-state index < -0.39 is 34.8 Å². The van der Waals surface area contributed by atoms with Gasteiger partial charge in [-0.25, -0.2) is 15.1 Å². The molecule has 13 nitrogen and oxygen atoms in total. The minimum absolute atomic E-state index is 0.112. The SMILES string of the molecule is Cc1oc(=O)oc1COC(=O)N1CCC(CC(=O)NO)(NC(=O)c2ccc(OCC3(C)C=Cc4ccccc4N3)cc2)CC1. The van der Waals surface area contributed by atoms with Gasteiger partial charge in [0.1, 0.15) is 12.4 Å². The average molecular weight is 607 g/mol. The van der Waals surface area contributed by atoms with Crippen LogP contribution < -0.4 is 26.7 Å². The number of hydrogen-bond acceptors (Lipinski definition) is 10. The van der Waals surface area contributed by atoms with E-state index in [1.54, 1.807) is 29.7 Å². The molecule has 44 heavy (non-hydrogen) atoms. The fourth-order valence-electron chi connectivity index (χ4n) is 5.25. The van der Waals surface area contributed by atoms with Gasteiger partial charge in [0.15, 0.2) is 18.1 Å². The number of hydrogen-bond donors (Lipinski definition) is 4. The van der Waals surface area contributed by atoms with Crippen LogP contribution in [-0.4, -0.2) is 58.8 Å². The molecule has 0 aliphatic carbocycles. The highest BCUT2D eigenvalue weighted by molar-refractivity contribution is 5.95. The second kappa shape index (κ2) is 12.7. The maximum absolute atomic E-state index is 13.3. The summed E-state index contributed by atoms with van der Waals surface area (Å²) in [6, 6.07) is 14.7. The number of anilines is 1. The Hall–Kier alpha value is -5.04. The number of nitrogens with one attached hydrogen (secondary N) is 3. The van der Waals surface area contributed by atoms with Crippen LogP contribution in [0.15, 0.2) is 68.2 Å². The smallest absolute Gasteiger partial charge is 0.491 e. The van der Waals surface area contributed by atoms with Crippen LogP contribution >= 0.6 is 0 Å². The predicted octanol–water partition coefficient (Wildman–Crippen LogP) is 3.61. The second-order valence-corrected chi connectivity index (χ2v) is 11.2. The first kappa shape index (κ1) is 30.4. The van der Waals surface area contributed by atoms with Crippen molar-refractivity contribution in [1.29, 1.82) is 0 Å². The molecule has 3 aromatic rings. The number of likely N-dealkylation sites (tertiary alicyclic amines) is 1. The van der Waals surface area contributed by atoms with Gasteiger partial charge in [0, 0.05) is 24.3 Å². The summed E-state index contributed by atoms with van der Waals surface area (Å²) in [4.78, 5) is 50.7. The first-order valence-electron chi connectivity index (χ1n) is 14.1. The molecule has 0 spiro atoms. The molecule has 2 aliphatic heterocycles. The van der Waals surface area contributed by atoms with Gasteiger partial charge in [0.05, 0.1) is 17.5 Å². The van der Waals surface area contributed by atoms with E-state index in [1.165, 1.54) is 11.8 Å². The molecule has 2 aromatic carbocycles. The Morgan fingerprint density at radius 1 is 1.07 bits per heavy atom. The predicted molar refractivity (Wildman–Crippen MR) is 157 cm³/mol. The number of carbonyl (C=O) groups is 3. The molecule has 4 N–H and O–H groups in total. The topological polar surface area (TPSA) is 173 Å². The third kappa shape index (κ3) is 7.11. The average Bonchev–Trinajstić information content (AvgIpc) is 3.35. The molecule has 1 saturated heterocycles. The summed E-state index contributed by atoms with van der Waals surface area (Å²) in [5.41, 5.74) is 2.67. The normalized spacial score (nSPS) is 18.5. The molecule has 0 bridgehead atoms. The molecule has 3 amide bonds. The van der Waals surface area contributed by atoms with E-state index in [2.05, 4.69) is 22.8 Å². The number of amides is 3. The van der Waals surface area contributed by atoms with E-state index >= 15 is 0 Å². The third-order valence-corrected chi connectivity index (χ3v) is 7.81. The minimum Gasteiger partial charge on any atom is -0.491 e. The van der Waals surface area contributed by atoms with Crippen molar-refractivity contribution < 1.29 is 37.9 Å². The Balaban J connectivity index is 1.17. The Morgan fingerprint density at radius 2 is 1.80 bits per heavy atom. The Morgan fingerprint density at radius 3 is 2.48 bits per heavy atom. The van der Waals surface area contributed by atoms with Crippen LogP contribution in [0.3, 0.4) is 0 Å². The van der Waals surface area contributed by atoms with Gasteiger partial charge in [-0.1, -0.05) is 30.4 Å². The second-order valence-electron chi connectivity index (χ2n) is 11.2. The standard InChI is InChI=1S/C31H34N4O9/c1-20-25(44-29(39)43-20)18-41-28(38)35-15-13-31(14-16-35,17-26(36)34-40)33-27(37)22-7-9-23(10-8-22)42-19-30(2)12-11-21-5-3-4-6-24(21)32-30/h3-12,32,40H,13-19H2,1-2H3,(H,33,37)(H,34,36). The largest absolute Gasteiger partial charge is 0.519 e. The molecule has 13 heteroatoms. The first-order valence-corrected chi connectivity index (χ1v) is 14.1. The maximum atomic E-state index is 13.3. The number of rotatable bonds is 9. The zero-order chi connectivity index (χ0) is 31.3. The van der Waals surface area contributed by atoms with E-state index in [9.17, 15) is 19.2 Å². The van der Waals surface area contributed by atoms with Gasteiger partial charge in [-0.3, -0.25) is 14.8 Å². The summed E-state index contributed by atoms with van der Waals surface area (Å²) in [6.45, 7) is 3.98. The van der Waals surface area contributed by atoms with Crippen molar-refractivity contribution in [1.82, 2.24) is 15.7 Å². The van der Waals surface area contributed by atoms with Gasteiger partial charge in [-0.2, -0.15) is 0 Å². The number of ether oxygens (including phenoxy) is 2. The molecule has 0 saturated carbocycles. The van der Waals surface area contributed by atoms with Crippen LogP contribution in [-0.2, 0) is 16.1 Å². The van der Waals surface area contributed by atoms with Crippen LogP contribution in [0.1, 0.15) is 53.6 Å². The molecule has 5 rings (SSSR count). The quantitative estimate of drug-likeness (QED) is 0.208. The van der Waals surface area contributed by atoms with Crippen molar-refractivity contribution >= 4 is 29.7 Å². The molecule has 232 valence electrons. The maximum Gasteiger partial charge on any atom is 0.519 e. The molecule has 3 heterocycles. The van der Waals surface area contributed by atoms with Gasteiger partial charge in [0.2, 0.25) is 5.91 Å². The van der Waals surface area contributed by atoms with Crippen molar-refractivity contribution in [2.45, 2.75) is 50.8 Å². The monoisotopic (exact) mass is 606 g/mol. The summed E-state index contributed by atoms with van der Waals surface area (Å²) >= 11 is 0. The van der Waals surface area contributed by atoms with Crippen molar-refractivity contribution in [3.8, 4) is 5.75 Å². The van der Waals surface area contributed by atoms with Crippen LogP contribution in [0, 0.1) is 6.92 Å². The summed E-state index contributed by atoms with van der Waals surface area (Å²) in [5.74, 6) is -1.05. The lowest BCUT2D eigenvalue weighted by Gasteiger charge is -2.41. The van der Waals surface area contributed by atoms with E-state index in [1.807, 2.05) is 31.2 Å². The van der Waals surface area contributed by atoms with Crippen molar-refractivity contribution in [2.75, 3.05) is 25.0 Å². The lowest BCUT2D eigenvalue weighted by Crippen LogP contribution is -2.57. The van der Waals surface area contributed by atoms with Crippen molar-refractivity contribution in [3.63, 3.8) is 0 Å². The number of piperidine rings is 1. The van der Waals surface area contributed by atoms with E-state index in [0.717, 1.165) is 11.3 Å². The zero-order valence-corrected chi connectivity index (χ0v) is 24.4. The van der Waals surface area contributed by atoms with Crippen LogP contribution in [0.2, 0.25) is 0 Å². The number of hydroxylamine groups is 1. The molecule has 1 aromatic heterocycles. The fourth-order valence-corrected chi connectivity index (χ4v) is 5.25. The van der Waals surface area contributed by atoms with Gasteiger partial charge >= 0.3 is 11.9 Å². The summed E-state index contributed by atoms with van der Waals surface area (Å²) in [5, 5.41) is 15.6. The number of para-hydroxylation sites is 1. The highest BCUT2D eigenvalue weighted by atomic mass is 16.6. The molecule has 0 radical (unpaired) electrons. The van der Waals surface area contributed by atoms with Gasteiger partial charge in [-0.15, -0.1) is 0 Å². The lowest BCUT2D eigenvalue weighted by atomic mass is 9.83. The summed E-state index contributed by atoms with van der Waals surface area (Å²) in [7, 11) is 0. The molecule has 1 atom stereocenters. The molecular weight excluding hydrogens is 572 g/mol. The highest BCUT2D eigenvalue weighted by Gasteiger charge is 2.40. The van der Waals surface area contributed by atoms with Gasteiger partial charge in [0.25, 0.3) is 5.91 Å². The summed E-state index contributed by atoms with van der Waals surface area (Å²) < 4.78 is 20.9. The van der Waals surface area contributed by atoms with E-state index in [-0.39, 0.29) is 50.5 Å². The number of fused-ring (bicyclic) bond motifs is 1. The number of nitrogens with zero attached hydrogens (tertiary/aromatic N) is 1. The third-order valence-electron chi connectivity index (χ3n) is 7.81. The van der Waals surface area contributed by atoms with Crippen LogP contribution in [0.4, 0.5) is 10.5 Å². The van der Waals surface area contributed by atoms with Gasteiger partial charge in [-0.05, 0) is 62.6 Å². The van der Waals surface area contributed by atoms with Gasteiger partial charge < -0.3 is 33.8 Å². The van der Waals surface area contributed by atoms with Crippen molar-refractivity contribution in [2.24, 2.45) is 0 Å². The lowest BCUT2D eigenvalue weighted by molar-refractivity contribution is -0.131. The number of carbonyl (C=O) groups excluding carboxylic acids is 3. The summed E-state index contributed by atoms with van der Waals surface area (Å²) in [6.07, 6.45) is 3.73.